The second-order valence-electron chi connectivity index (χ2n) is 19.0. The minimum absolute atomic E-state index is 0.215. The average molecular weight is 1380 g/mol. The van der Waals surface area contributed by atoms with Crippen LogP contribution in [-0.2, 0) is 40.6 Å². The fourth-order valence-corrected chi connectivity index (χ4v) is 13.2. The molecule has 0 aliphatic carbocycles. The predicted octanol–water partition coefficient (Wildman–Crippen LogP) is 8.73. The van der Waals surface area contributed by atoms with E-state index in [0.717, 1.165) is 81.0 Å². The van der Waals surface area contributed by atoms with Crippen LogP contribution in [0.1, 0.15) is 36.8 Å². The Balaban J connectivity index is 0.000000520. The summed E-state index contributed by atoms with van der Waals surface area (Å²) in [6.45, 7) is 10.2. The fraction of sp³-hybridized carbons (Fsp3) is 0.673. The first-order valence-electron chi connectivity index (χ1n) is 27.5. The van der Waals surface area contributed by atoms with Crippen LogP contribution < -0.4 is 45.7 Å². The second kappa shape index (κ2) is 46.9. The smallest absolute Gasteiger partial charge is 0.343 e. The molecule has 32 heteroatoms. The Hall–Kier alpha value is -2.15. The molecule has 0 saturated carbocycles. The van der Waals surface area contributed by atoms with Crippen molar-refractivity contribution in [3.63, 3.8) is 0 Å². The van der Waals surface area contributed by atoms with E-state index < -0.39 is 33.3 Å². The number of nitrogens with two attached hydrogens (primary N) is 1. The largest absolute Gasteiger partial charge is 0.481 e. The van der Waals surface area contributed by atoms with Crippen LogP contribution in [0.2, 0.25) is 0 Å². The van der Waals surface area contributed by atoms with E-state index in [1.165, 1.54) is 13.1 Å². The zero-order valence-corrected chi connectivity index (χ0v) is 57.1. The Morgan fingerprint density at radius 1 is 0.643 bits per heavy atom. The number of benzene rings is 2. The maximum Gasteiger partial charge on any atom is 0.343 e. The predicted molar refractivity (Wildman–Crippen MR) is 354 cm³/mol. The standard InChI is InChI=1S/C14H19Cl2NO2.C13H18Cl2N2O2.C9H18N6.2C7H15Cl2N2O2P.C2H5N/c15-8-10-17(11-9-16)13-6-4-12(5-7-13)2-1-3-14(18)19;14-5-7-17(8-6-15)11-3-1-10(2-4-11)9-12(16)13(18)19;1-13(2)7-10-8(14(3)4)12-9(11-7)15(5)6;8-2-4-10-14(12)11(6-3-9)5-1-7-13-14;8-2-5-11(6-3-9)14(12)10-4-1-7-13-14;1-2-3-1/h4-7H,1-3,8-11H2,(H,18,19);1-4,12H,5-9,16H2,(H,18,19);1-6H3;2*1-7H2,(H,10,12);3H,1-2H2/t;12-;;;;/m.0..../s1. The average Bonchev–Trinajstić information content (AvgIpc) is 4.14. The molecule has 22 nitrogen and oxygen atoms in total. The molecule has 3 atom stereocenters. The summed E-state index contributed by atoms with van der Waals surface area (Å²) in [4.78, 5) is 43.9. The van der Waals surface area contributed by atoms with E-state index in [1.54, 1.807) is 9.34 Å². The van der Waals surface area contributed by atoms with E-state index in [4.69, 9.17) is 118 Å². The summed E-state index contributed by atoms with van der Waals surface area (Å²) >= 11 is 45.4. The number of hydrogen-bond acceptors (Lipinski definition) is 16. The van der Waals surface area contributed by atoms with Crippen molar-refractivity contribution >= 4 is 149 Å². The Morgan fingerprint density at radius 3 is 1.44 bits per heavy atom. The zero-order chi connectivity index (χ0) is 62.9. The van der Waals surface area contributed by atoms with Crippen LogP contribution in [0.15, 0.2) is 48.5 Å². The van der Waals surface area contributed by atoms with Gasteiger partial charge in [-0.1, -0.05) is 24.3 Å². The number of nitrogens with one attached hydrogen (secondary N) is 3. The van der Waals surface area contributed by atoms with Crippen molar-refractivity contribution in [2.75, 3.05) is 206 Å². The number of aryl methyl sites for hydroxylation is 1. The third-order valence-corrected chi connectivity index (χ3v) is 17.6. The number of nitrogens with zero attached hydrogens (tertiary/aromatic N) is 10. The van der Waals surface area contributed by atoms with Crippen LogP contribution in [-0.4, -0.2) is 234 Å². The number of aliphatic carboxylic acids is 2. The molecule has 0 radical (unpaired) electrons. The zero-order valence-electron chi connectivity index (χ0n) is 49.3. The van der Waals surface area contributed by atoms with Gasteiger partial charge in [0.05, 0.1) is 13.2 Å². The molecule has 3 fully saturated rings. The molecule has 84 heavy (non-hydrogen) atoms. The van der Waals surface area contributed by atoms with Crippen LogP contribution in [0, 0.1) is 0 Å². The SMILES string of the molecule is C1CN1.CN(C)c1nc(N(C)C)nc(N(C)C)n1.N[C@@H](Cc1ccc(N(CCCl)CCCl)cc1)C(=O)O.O=C(O)CCCc1ccc(N(CCCl)CCCl)cc1.O=P1(N(CCCl)CCCl)NCCCO1.O=P1(NCCCl)OCCCN1CCCl. The monoisotopic (exact) mass is 1380 g/mol. The lowest BCUT2D eigenvalue weighted by atomic mass is 10.1. The highest BCUT2D eigenvalue weighted by molar-refractivity contribution is 7.54. The molecule has 0 amide bonds. The molecule has 4 heterocycles. The van der Waals surface area contributed by atoms with Gasteiger partial charge in [-0.25, -0.2) is 19.5 Å². The molecule has 3 aliphatic heterocycles. The van der Waals surface area contributed by atoms with Gasteiger partial charge >= 0.3 is 27.3 Å². The van der Waals surface area contributed by atoms with E-state index in [9.17, 15) is 18.7 Å². The molecule has 7 N–H and O–H groups in total. The Bertz CT molecular complexity index is 2210. The first kappa shape index (κ1) is 79.9. The third kappa shape index (κ3) is 34.0. The van der Waals surface area contributed by atoms with Crippen molar-refractivity contribution < 1.29 is 38.0 Å². The number of carbonyl (C=O) groups is 2. The van der Waals surface area contributed by atoms with Gasteiger partial charge in [-0.15, -0.1) is 92.8 Å². The molecule has 1 aromatic heterocycles. The Labute approximate surface area is 539 Å². The normalized spacial score (nSPS) is 17.3. The summed E-state index contributed by atoms with van der Waals surface area (Å²) in [5, 5.41) is 26.1. The summed E-state index contributed by atoms with van der Waals surface area (Å²) in [5.74, 6) is 4.17. The molecule has 0 spiro atoms. The first-order chi connectivity index (χ1) is 40.1. The topological polar surface area (TPSA) is 261 Å². The van der Waals surface area contributed by atoms with Crippen LogP contribution in [0.4, 0.5) is 29.2 Å². The van der Waals surface area contributed by atoms with E-state index in [0.29, 0.717) is 117 Å². The highest BCUT2D eigenvalue weighted by Gasteiger charge is 2.34. The van der Waals surface area contributed by atoms with Crippen LogP contribution in [0.5, 0.6) is 0 Å². The summed E-state index contributed by atoms with van der Waals surface area (Å²) in [7, 11) is 5.78. The van der Waals surface area contributed by atoms with Crippen molar-refractivity contribution in [3.05, 3.63) is 59.7 Å². The van der Waals surface area contributed by atoms with Gasteiger partial charge in [0.25, 0.3) is 0 Å². The van der Waals surface area contributed by atoms with Crippen molar-refractivity contribution in [2.24, 2.45) is 5.73 Å². The molecule has 2 unspecified atom stereocenters. The Kier molecular flexibility index (Phi) is 44.6. The highest BCUT2D eigenvalue weighted by atomic mass is 35.5. The number of alkyl halides is 8. The minimum atomic E-state index is -2.84. The first-order valence-corrected chi connectivity index (χ1v) is 34.9. The molecule has 482 valence electrons. The molecule has 3 aromatic rings. The number of carboxylic acids is 2. The van der Waals surface area contributed by atoms with Gasteiger partial charge in [0.1, 0.15) is 6.04 Å². The van der Waals surface area contributed by atoms with Crippen molar-refractivity contribution in [2.45, 2.75) is 44.6 Å². The van der Waals surface area contributed by atoms with E-state index in [2.05, 4.69) is 40.2 Å². The molecule has 2 aromatic carbocycles. The van der Waals surface area contributed by atoms with Gasteiger partial charge in [0.2, 0.25) is 17.8 Å². The maximum atomic E-state index is 12.2. The summed E-state index contributed by atoms with van der Waals surface area (Å²) in [6.07, 6.45) is 3.77. The number of carboxylic acid groups (broad SMARTS) is 2. The van der Waals surface area contributed by atoms with Crippen molar-refractivity contribution in [1.82, 2.24) is 39.8 Å². The van der Waals surface area contributed by atoms with Crippen molar-refractivity contribution in [1.29, 1.82) is 0 Å². The third-order valence-electron chi connectivity index (χ3n) is 11.6. The lowest BCUT2D eigenvalue weighted by molar-refractivity contribution is -0.139. The van der Waals surface area contributed by atoms with Gasteiger partial charge in [-0.2, -0.15) is 15.0 Å². The van der Waals surface area contributed by atoms with Gasteiger partial charge in [0.15, 0.2) is 0 Å². The van der Waals surface area contributed by atoms with Gasteiger partial charge < -0.3 is 54.8 Å². The highest BCUT2D eigenvalue weighted by Crippen LogP contribution is 2.49. The lowest BCUT2D eigenvalue weighted by Gasteiger charge is -2.34. The molecular formula is C52H90Cl8N14O8P2. The van der Waals surface area contributed by atoms with Crippen LogP contribution >= 0.6 is 108 Å². The number of anilines is 5. The number of halogens is 8. The molecule has 3 saturated heterocycles. The fourth-order valence-electron chi connectivity index (χ4n) is 7.19. The molecular weight excluding hydrogens is 1290 g/mol. The summed E-state index contributed by atoms with van der Waals surface area (Å²) in [5.41, 5.74) is 9.67. The lowest BCUT2D eigenvalue weighted by Crippen LogP contribution is -2.36. The van der Waals surface area contributed by atoms with Gasteiger partial charge in [0, 0.05) is 186 Å². The summed E-state index contributed by atoms with van der Waals surface area (Å²) < 4.78 is 38.4. The number of hydrogen-bond donors (Lipinski definition) is 6. The van der Waals surface area contributed by atoms with Crippen molar-refractivity contribution in [3.8, 4) is 0 Å². The van der Waals surface area contributed by atoms with Crippen LogP contribution in [0.3, 0.4) is 0 Å². The molecule has 3 aliphatic rings. The van der Waals surface area contributed by atoms with E-state index in [1.807, 2.05) is 106 Å². The minimum Gasteiger partial charge on any atom is -0.481 e. The maximum absolute atomic E-state index is 12.2. The van der Waals surface area contributed by atoms with E-state index >= 15 is 0 Å². The number of rotatable bonds is 30. The number of aromatic nitrogens is 3. The van der Waals surface area contributed by atoms with Gasteiger partial charge in [-0.05, 0) is 67.5 Å². The van der Waals surface area contributed by atoms with Crippen LogP contribution in [0.25, 0.3) is 0 Å². The quantitative estimate of drug-likeness (QED) is 0.0207. The Morgan fingerprint density at radius 2 is 1.08 bits per heavy atom. The molecule has 0 bridgehead atoms. The second-order valence-corrected chi connectivity index (χ2v) is 26.4. The van der Waals surface area contributed by atoms with Gasteiger partial charge in [-0.3, -0.25) is 18.7 Å². The molecule has 6 rings (SSSR count). The summed E-state index contributed by atoms with van der Waals surface area (Å²) in [6, 6.07) is 14.9. The van der Waals surface area contributed by atoms with E-state index in [-0.39, 0.29) is 6.42 Å².